The van der Waals surface area contributed by atoms with Crippen molar-refractivity contribution in [2.75, 3.05) is 27.3 Å². The van der Waals surface area contributed by atoms with Gasteiger partial charge in [-0.15, -0.1) is 0 Å². The van der Waals surface area contributed by atoms with E-state index in [1.165, 1.54) is 36.2 Å². The first-order valence-electron chi connectivity index (χ1n) is 24.8. The predicted molar refractivity (Wildman–Crippen MR) is 258 cm³/mol. The molecule has 6 heterocycles. The Labute approximate surface area is 411 Å². The van der Waals surface area contributed by atoms with E-state index in [0.29, 0.717) is 19.3 Å². The molecule has 2 aliphatic carbocycles. The molecule has 2 aromatic carbocycles. The van der Waals surface area contributed by atoms with Crippen molar-refractivity contribution in [3.8, 4) is 0 Å². The first-order valence-corrected chi connectivity index (χ1v) is 27.8. The molecule has 8 aliphatic rings. The Hall–Kier alpha value is -5.18. The van der Waals surface area contributed by atoms with E-state index in [9.17, 15) is 45.6 Å². The number of ether oxygens (including phenoxy) is 2. The largest absolute Gasteiger partial charge is 0.467 e. The van der Waals surface area contributed by atoms with Gasteiger partial charge in [-0.3, -0.25) is 19.2 Å². The average molecular weight is 1010 g/mol. The molecule has 4 amide bonds. The summed E-state index contributed by atoms with van der Waals surface area (Å²) in [5.41, 5.74) is 1.82. The van der Waals surface area contributed by atoms with Gasteiger partial charge in [-0.1, -0.05) is 74.9 Å². The predicted octanol–water partition coefficient (Wildman–Crippen LogP) is 3.88. The van der Waals surface area contributed by atoms with Crippen LogP contribution in [-0.2, 0) is 64.7 Å². The highest BCUT2D eigenvalue weighted by atomic mass is 32.2. The summed E-state index contributed by atoms with van der Waals surface area (Å²) in [5.74, 6) is -2.30. The van der Waals surface area contributed by atoms with Gasteiger partial charge in [0.05, 0.1) is 24.0 Å². The van der Waals surface area contributed by atoms with Gasteiger partial charge in [0.1, 0.15) is 24.2 Å². The van der Waals surface area contributed by atoms with E-state index in [4.69, 9.17) is 9.47 Å². The summed E-state index contributed by atoms with van der Waals surface area (Å²) in [7, 11) is -5.20. The number of carbonyl (C=O) groups excluding carboxylic acids is 6. The number of allylic oxidation sites excluding steroid dienone is 1. The third kappa shape index (κ3) is 13.2. The van der Waals surface area contributed by atoms with Gasteiger partial charge < -0.3 is 29.9 Å². The second-order valence-electron chi connectivity index (χ2n) is 19.4. The first-order chi connectivity index (χ1) is 33.6. The van der Waals surface area contributed by atoms with Crippen molar-refractivity contribution in [1.82, 2.24) is 29.9 Å². The molecule has 70 heavy (non-hydrogen) atoms. The van der Waals surface area contributed by atoms with Crippen LogP contribution in [0.2, 0.25) is 0 Å². The van der Waals surface area contributed by atoms with Gasteiger partial charge in [0.15, 0.2) is 0 Å². The Balaban J connectivity index is 0.000000206. The van der Waals surface area contributed by atoms with E-state index in [0.717, 1.165) is 88.2 Å². The topological polar surface area (TPSA) is 244 Å². The van der Waals surface area contributed by atoms with Crippen LogP contribution in [0.3, 0.4) is 0 Å². The van der Waals surface area contributed by atoms with Crippen LogP contribution in [0, 0.1) is 11.8 Å². The molecule has 2 saturated carbocycles. The molecule has 8 bridgehead atoms. The molecule has 382 valence electrons. The third-order valence-corrected chi connectivity index (χ3v) is 17.6. The Morgan fingerprint density at radius 1 is 0.557 bits per heavy atom. The van der Waals surface area contributed by atoms with Crippen molar-refractivity contribution in [1.29, 1.82) is 0 Å². The molecule has 4 N–H and O–H groups in total. The monoisotopic (exact) mass is 1010 g/mol. The summed E-state index contributed by atoms with van der Waals surface area (Å²) in [4.78, 5) is 81.5. The van der Waals surface area contributed by atoms with Crippen LogP contribution in [0.25, 0.3) is 6.08 Å². The van der Waals surface area contributed by atoms with E-state index in [1.807, 2.05) is 12.2 Å². The van der Waals surface area contributed by atoms with Gasteiger partial charge >= 0.3 is 11.9 Å². The highest BCUT2D eigenvalue weighted by molar-refractivity contribution is 7.89. The summed E-state index contributed by atoms with van der Waals surface area (Å²) in [6.45, 7) is 0.0611. The van der Waals surface area contributed by atoms with E-state index < -0.39 is 68.2 Å². The zero-order valence-corrected chi connectivity index (χ0v) is 41.8. The number of nitrogens with zero attached hydrogens (tertiary/aromatic N) is 2. The lowest BCUT2D eigenvalue weighted by Gasteiger charge is -2.34. The van der Waals surface area contributed by atoms with Gasteiger partial charge in [-0.05, 0) is 111 Å². The standard InChI is InChI=1S/C25H35N3O6S.C25H33N3O6S/c2*1-34-25(31)21-15-19-16-28(21)24(30)23(18-8-3-2-4-9-18)26-22(29)10-6-5-7-17-11-13-20(14-12-17)35(32,33)27-19/h11-14,18-19,21,23,27H,2-10,15-16H2,1H3,(H,26,29);5,7,11-14,18-19,21,23,27H,2-4,6,8-10,15-16H2,1H3,(H,26,29)/t2*19-,21?,23?/m11/s1. The summed E-state index contributed by atoms with van der Waals surface area (Å²) >= 11 is 0. The van der Waals surface area contributed by atoms with Crippen LogP contribution in [0.1, 0.15) is 120 Å². The zero-order valence-electron chi connectivity index (χ0n) is 40.1. The van der Waals surface area contributed by atoms with Crippen LogP contribution in [-0.4, -0.2) is 126 Å². The molecule has 10 rings (SSSR count). The number of methoxy groups -OCH3 is 2. The highest BCUT2D eigenvalue weighted by Crippen LogP contribution is 2.32. The summed E-state index contributed by atoms with van der Waals surface area (Å²) in [5, 5.41) is 5.93. The van der Waals surface area contributed by atoms with E-state index in [1.54, 1.807) is 36.4 Å². The second kappa shape index (κ2) is 23.8. The third-order valence-electron chi connectivity index (χ3n) is 14.6. The Morgan fingerprint density at radius 3 is 1.44 bits per heavy atom. The van der Waals surface area contributed by atoms with Gasteiger partial charge in [0.2, 0.25) is 43.7 Å². The van der Waals surface area contributed by atoms with E-state index in [-0.39, 0.29) is 77.6 Å². The minimum atomic E-state index is -3.86. The van der Waals surface area contributed by atoms with Crippen LogP contribution in [0.15, 0.2) is 64.4 Å². The second-order valence-corrected chi connectivity index (χ2v) is 22.8. The quantitative estimate of drug-likeness (QED) is 0.319. The highest BCUT2D eigenvalue weighted by Gasteiger charge is 2.47. The molecule has 0 aromatic heterocycles. The number of amides is 4. The van der Waals surface area contributed by atoms with Crippen LogP contribution in [0.4, 0.5) is 0 Å². The maximum absolute atomic E-state index is 13.8. The molecule has 0 radical (unpaired) electrons. The van der Waals surface area contributed by atoms with E-state index >= 15 is 0 Å². The molecule has 20 heteroatoms. The first kappa shape index (κ1) is 52.6. The molecule has 2 aromatic rings. The van der Waals surface area contributed by atoms with Crippen molar-refractivity contribution in [3.05, 3.63) is 65.7 Å². The number of hydrogen-bond acceptors (Lipinski definition) is 12. The number of benzene rings is 2. The minimum absolute atomic E-state index is 0.00771. The lowest BCUT2D eigenvalue weighted by molar-refractivity contribution is -0.152. The minimum Gasteiger partial charge on any atom is -0.467 e. The van der Waals surface area contributed by atoms with Crippen LogP contribution >= 0.6 is 0 Å². The lowest BCUT2D eigenvalue weighted by Crippen LogP contribution is -2.55. The average Bonchev–Trinajstić information content (AvgIpc) is 3.98. The van der Waals surface area contributed by atoms with Crippen molar-refractivity contribution < 1.29 is 55.1 Å². The number of rotatable bonds is 4. The van der Waals surface area contributed by atoms with Gasteiger partial charge in [-0.2, -0.15) is 0 Å². The van der Waals surface area contributed by atoms with Crippen molar-refractivity contribution in [2.45, 2.75) is 162 Å². The SMILES string of the molecule is COC(=O)C1C[C@@H]2CN1C(=O)C(C1CCCCC1)NC(=O)CCC=Cc1ccc(cc1)S(=O)(=O)N2.COC(=O)C1C[C@@H]2CN1C(=O)C(C1CCCCC1)NC(=O)CCCCc1ccc(cc1)S(=O)(=O)N2. The fourth-order valence-electron chi connectivity index (χ4n) is 10.8. The summed E-state index contributed by atoms with van der Waals surface area (Å²) in [6.07, 6.45) is 16.5. The van der Waals surface area contributed by atoms with Gasteiger partial charge in [0.25, 0.3) is 0 Å². The number of esters is 2. The fourth-order valence-corrected chi connectivity index (χ4v) is 13.3. The molecule has 4 unspecified atom stereocenters. The fraction of sp³-hybridized carbons (Fsp3) is 0.600. The molecule has 4 fully saturated rings. The lowest BCUT2D eigenvalue weighted by atomic mass is 9.83. The number of fused-ring (bicyclic) bond motifs is 19. The number of aryl methyl sites for hydroxylation is 1. The van der Waals surface area contributed by atoms with Gasteiger partial charge in [-0.25, -0.2) is 35.9 Å². The Bertz CT molecular complexity index is 2440. The number of carbonyl (C=O) groups is 6. The normalized spacial score (nSPS) is 28.1. The zero-order chi connectivity index (χ0) is 50.0. The number of nitrogens with one attached hydrogen (secondary N) is 4. The maximum Gasteiger partial charge on any atom is 0.328 e. The molecule has 2 saturated heterocycles. The molecular weight excluding hydrogens is 941 g/mol. The smallest absolute Gasteiger partial charge is 0.328 e. The van der Waals surface area contributed by atoms with Crippen molar-refractivity contribution in [3.63, 3.8) is 0 Å². The van der Waals surface area contributed by atoms with Gasteiger partial charge in [0, 0.05) is 38.0 Å². The van der Waals surface area contributed by atoms with Crippen LogP contribution < -0.4 is 20.1 Å². The molecule has 6 atom stereocenters. The Kier molecular flexibility index (Phi) is 17.9. The van der Waals surface area contributed by atoms with Crippen molar-refractivity contribution >= 4 is 61.7 Å². The summed E-state index contributed by atoms with van der Waals surface area (Å²) in [6, 6.07) is 8.50. The molecular formula is C50H68N6O12S2. The Morgan fingerprint density at radius 2 is 0.986 bits per heavy atom. The number of hydrogen-bond donors (Lipinski definition) is 4. The van der Waals surface area contributed by atoms with Crippen LogP contribution in [0.5, 0.6) is 0 Å². The molecule has 6 aliphatic heterocycles. The molecule has 18 nitrogen and oxygen atoms in total. The number of sulfonamides is 2. The summed E-state index contributed by atoms with van der Waals surface area (Å²) < 4.78 is 67.3. The molecule has 0 spiro atoms. The van der Waals surface area contributed by atoms with E-state index in [2.05, 4.69) is 20.1 Å². The maximum atomic E-state index is 13.8. The van der Waals surface area contributed by atoms with Crippen molar-refractivity contribution in [2.24, 2.45) is 11.8 Å².